The molecule has 1 N–H and O–H groups in total. The van der Waals surface area contributed by atoms with Gasteiger partial charge in [0.15, 0.2) is 0 Å². The molecule has 1 aromatic rings. The van der Waals surface area contributed by atoms with E-state index in [0.717, 1.165) is 24.4 Å². The molecular weight excluding hydrogens is 166 g/mol. The number of aromatic nitrogens is 2. The molecule has 1 heterocycles. The molecule has 0 spiro atoms. The van der Waals surface area contributed by atoms with Crippen molar-refractivity contribution in [2.45, 2.75) is 13.0 Å². The van der Waals surface area contributed by atoms with Crippen LogP contribution in [-0.2, 0) is 20.1 Å². The van der Waals surface area contributed by atoms with Crippen molar-refractivity contribution in [3.63, 3.8) is 0 Å². The Morgan fingerprint density at radius 2 is 2.23 bits per heavy atom. The van der Waals surface area contributed by atoms with Crippen LogP contribution in [0.15, 0.2) is 6.07 Å². The van der Waals surface area contributed by atoms with Gasteiger partial charge in [-0.15, -0.1) is 0 Å². The summed E-state index contributed by atoms with van der Waals surface area (Å²) in [5, 5.41) is 13.2. The maximum Gasteiger partial charge on any atom is 0.0849 e. The van der Waals surface area contributed by atoms with Gasteiger partial charge in [-0.25, -0.2) is 0 Å². The van der Waals surface area contributed by atoms with Gasteiger partial charge in [-0.3, -0.25) is 4.68 Å². The van der Waals surface area contributed by atoms with E-state index in [4.69, 9.17) is 5.11 Å². The van der Waals surface area contributed by atoms with E-state index in [-0.39, 0.29) is 6.61 Å². The van der Waals surface area contributed by atoms with Gasteiger partial charge in [-0.1, -0.05) is 0 Å². The molecule has 4 heteroatoms. The Labute approximate surface area is 78.8 Å². The predicted molar refractivity (Wildman–Crippen MR) is 51.4 cm³/mol. The summed E-state index contributed by atoms with van der Waals surface area (Å²) in [7, 11) is 5.93. The molecule has 0 bridgehead atoms. The minimum Gasteiger partial charge on any atom is -0.390 e. The van der Waals surface area contributed by atoms with Crippen molar-refractivity contribution in [2.75, 3.05) is 20.6 Å². The van der Waals surface area contributed by atoms with E-state index in [2.05, 4.69) is 10.00 Å². The number of aliphatic hydroxyl groups is 1. The molecule has 0 aliphatic heterocycles. The zero-order chi connectivity index (χ0) is 9.84. The van der Waals surface area contributed by atoms with E-state index in [9.17, 15) is 0 Å². The summed E-state index contributed by atoms with van der Waals surface area (Å²) in [6, 6.07) is 1.95. The summed E-state index contributed by atoms with van der Waals surface area (Å²) in [6.07, 6.45) is 0.931. The molecule has 0 aliphatic rings. The van der Waals surface area contributed by atoms with E-state index in [1.54, 1.807) is 4.68 Å². The predicted octanol–water partition coefficient (Wildman–Crippen LogP) is 0.0165. The fourth-order valence-electron chi connectivity index (χ4n) is 1.18. The number of rotatable bonds is 4. The van der Waals surface area contributed by atoms with Crippen LogP contribution in [0.4, 0.5) is 0 Å². The Morgan fingerprint density at radius 1 is 1.54 bits per heavy atom. The highest BCUT2D eigenvalue weighted by molar-refractivity contribution is 5.09. The van der Waals surface area contributed by atoms with Gasteiger partial charge in [-0.2, -0.15) is 5.10 Å². The number of likely N-dealkylation sites (N-methyl/N-ethyl adjacent to an activating group) is 1. The van der Waals surface area contributed by atoms with Crippen LogP contribution in [-0.4, -0.2) is 40.4 Å². The summed E-state index contributed by atoms with van der Waals surface area (Å²) in [5.74, 6) is 0. The fraction of sp³-hybridized carbons (Fsp3) is 0.667. The summed E-state index contributed by atoms with van der Waals surface area (Å²) in [6.45, 7) is 1.05. The number of hydrogen-bond donors (Lipinski definition) is 1. The highest BCUT2D eigenvalue weighted by atomic mass is 16.3. The zero-order valence-corrected chi connectivity index (χ0v) is 8.49. The van der Waals surface area contributed by atoms with Crippen LogP contribution in [0.1, 0.15) is 11.4 Å². The van der Waals surface area contributed by atoms with Crippen LogP contribution in [0.3, 0.4) is 0 Å². The average Bonchev–Trinajstić information content (AvgIpc) is 2.43. The van der Waals surface area contributed by atoms with Gasteiger partial charge in [-0.05, 0) is 20.2 Å². The normalized spacial score (nSPS) is 11.2. The Balaban J connectivity index is 2.57. The summed E-state index contributed by atoms with van der Waals surface area (Å²) in [5.41, 5.74) is 1.91. The Hall–Kier alpha value is -0.870. The van der Waals surface area contributed by atoms with Gasteiger partial charge in [0.25, 0.3) is 0 Å². The molecule has 4 nitrogen and oxygen atoms in total. The third kappa shape index (κ3) is 2.82. The van der Waals surface area contributed by atoms with Crippen LogP contribution in [0, 0.1) is 0 Å². The first-order chi connectivity index (χ1) is 6.13. The van der Waals surface area contributed by atoms with Crippen molar-refractivity contribution < 1.29 is 5.11 Å². The minimum absolute atomic E-state index is 0.0610. The van der Waals surface area contributed by atoms with E-state index in [1.807, 2.05) is 27.2 Å². The molecule has 0 amide bonds. The standard InChI is InChI=1S/C9H17N3O/c1-11(2)5-4-8-6-9(7-13)12(3)10-8/h6,13H,4-5,7H2,1-3H3. The van der Waals surface area contributed by atoms with Crippen molar-refractivity contribution in [1.29, 1.82) is 0 Å². The summed E-state index contributed by atoms with van der Waals surface area (Å²) in [4.78, 5) is 2.12. The molecule has 0 atom stereocenters. The molecule has 0 saturated heterocycles. The van der Waals surface area contributed by atoms with Crippen LogP contribution in [0.5, 0.6) is 0 Å². The second kappa shape index (κ2) is 4.39. The molecule has 13 heavy (non-hydrogen) atoms. The first-order valence-electron chi connectivity index (χ1n) is 4.41. The smallest absolute Gasteiger partial charge is 0.0849 e. The SMILES string of the molecule is CN(C)CCc1cc(CO)n(C)n1. The molecule has 0 aromatic carbocycles. The van der Waals surface area contributed by atoms with E-state index in [1.165, 1.54) is 0 Å². The minimum atomic E-state index is 0.0610. The molecule has 0 unspecified atom stereocenters. The molecule has 0 saturated carbocycles. The number of aliphatic hydroxyl groups excluding tert-OH is 1. The van der Waals surface area contributed by atoms with Crippen molar-refractivity contribution in [2.24, 2.45) is 7.05 Å². The highest BCUT2D eigenvalue weighted by Gasteiger charge is 2.03. The number of hydrogen-bond acceptors (Lipinski definition) is 3. The zero-order valence-electron chi connectivity index (χ0n) is 8.49. The maximum atomic E-state index is 8.94. The van der Waals surface area contributed by atoms with Crippen LogP contribution in [0.2, 0.25) is 0 Å². The van der Waals surface area contributed by atoms with Gasteiger partial charge >= 0.3 is 0 Å². The van der Waals surface area contributed by atoms with E-state index < -0.39 is 0 Å². The molecule has 1 rings (SSSR count). The van der Waals surface area contributed by atoms with Crippen molar-refractivity contribution in [1.82, 2.24) is 14.7 Å². The van der Waals surface area contributed by atoms with Gasteiger partial charge in [0.1, 0.15) is 0 Å². The average molecular weight is 183 g/mol. The lowest BCUT2D eigenvalue weighted by Crippen LogP contribution is -2.15. The molecular formula is C9H17N3O. The lowest BCUT2D eigenvalue weighted by atomic mass is 10.3. The monoisotopic (exact) mass is 183 g/mol. The van der Waals surface area contributed by atoms with Crippen LogP contribution >= 0.6 is 0 Å². The van der Waals surface area contributed by atoms with E-state index >= 15 is 0 Å². The van der Waals surface area contributed by atoms with E-state index in [0.29, 0.717) is 0 Å². The van der Waals surface area contributed by atoms with Crippen LogP contribution < -0.4 is 0 Å². The highest BCUT2D eigenvalue weighted by Crippen LogP contribution is 2.03. The Kier molecular flexibility index (Phi) is 3.45. The van der Waals surface area contributed by atoms with Crippen molar-refractivity contribution >= 4 is 0 Å². The topological polar surface area (TPSA) is 41.3 Å². The van der Waals surface area contributed by atoms with Gasteiger partial charge in [0, 0.05) is 20.0 Å². The van der Waals surface area contributed by atoms with Crippen molar-refractivity contribution in [3.05, 3.63) is 17.5 Å². The third-order valence-corrected chi connectivity index (χ3v) is 2.00. The summed E-state index contributed by atoms with van der Waals surface area (Å²) >= 11 is 0. The Bertz CT molecular complexity index is 268. The molecule has 0 fully saturated rings. The first kappa shape index (κ1) is 10.2. The molecule has 0 aliphatic carbocycles. The van der Waals surface area contributed by atoms with Crippen molar-refractivity contribution in [3.8, 4) is 0 Å². The lowest BCUT2D eigenvalue weighted by molar-refractivity contribution is 0.270. The second-order valence-corrected chi connectivity index (χ2v) is 3.46. The number of aryl methyl sites for hydroxylation is 1. The van der Waals surface area contributed by atoms with Gasteiger partial charge in [0.05, 0.1) is 18.0 Å². The third-order valence-electron chi connectivity index (χ3n) is 2.00. The lowest BCUT2D eigenvalue weighted by Gasteiger charge is -2.06. The second-order valence-electron chi connectivity index (χ2n) is 3.46. The van der Waals surface area contributed by atoms with Gasteiger partial charge < -0.3 is 10.0 Å². The summed E-state index contributed by atoms with van der Waals surface area (Å²) < 4.78 is 1.73. The quantitative estimate of drug-likeness (QED) is 0.715. The number of nitrogens with zero attached hydrogens (tertiary/aromatic N) is 3. The first-order valence-corrected chi connectivity index (χ1v) is 4.41. The molecule has 0 radical (unpaired) electrons. The maximum absolute atomic E-state index is 8.94. The van der Waals surface area contributed by atoms with Gasteiger partial charge in [0.2, 0.25) is 0 Å². The fourth-order valence-corrected chi connectivity index (χ4v) is 1.18. The molecule has 1 aromatic heterocycles. The Morgan fingerprint density at radius 3 is 2.69 bits per heavy atom. The van der Waals surface area contributed by atoms with Crippen LogP contribution in [0.25, 0.3) is 0 Å². The molecule has 74 valence electrons. The largest absolute Gasteiger partial charge is 0.390 e.